The van der Waals surface area contributed by atoms with Gasteiger partial charge in [-0.05, 0) is 42.8 Å². The van der Waals surface area contributed by atoms with Gasteiger partial charge in [0.2, 0.25) is 0 Å². The Morgan fingerprint density at radius 2 is 1.86 bits per heavy atom. The quantitative estimate of drug-likeness (QED) is 0.670. The highest BCUT2D eigenvalue weighted by Crippen LogP contribution is 2.17. The molecular formula is C16H15FN2O2. The fraction of sp³-hybridized carbons (Fsp3) is 0.125. The van der Waals surface area contributed by atoms with Crippen LogP contribution in [0.3, 0.4) is 0 Å². The standard InChI is InChI=1S/C16H15FN2O2/c1-2-14(13-5-3-4-6-15(13)20)18-19-16(21)11-7-9-12(17)10-8-11/h3-10,20H,2H2,1H3,(H,19,21). The van der Waals surface area contributed by atoms with Crippen molar-refractivity contribution in [3.63, 3.8) is 0 Å². The van der Waals surface area contributed by atoms with Gasteiger partial charge in [-0.1, -0.05) is 19.1 Å². The zero-order chi connectivity index (χ0) is 15.2. The van der Waals surface area contributed by atoms with Gasteiger partial charge in [0.25, 0.3) is 5.91 Å². The van der Waals surface area contributed by atoms with Crippen molar-refractivity contribution in [1.82, 2.24) is 5.43 Å². The molecule has 2 N–H and O–H groups in total. The van der Waals surface area contributed by atoms with Crippen LogP contribution in [0.5, 0.6) is 5.75 Å². The number of nitrogens with one attached hydrogen (secondary N) is 1. The van der Waals surface area contributed by atoms with E-state index in [-0.39, 0.29) is 5.75 Å². The highest BCUT2D eigenvalue weighted by atomic mass is 19.1. The summed E-state index contributed by atoms with van der Waals surface area (Å²) in [6.07, 6.45) is 0.543. The molecule has 0 fully saturated rings. The number of carbonyl (C=O) groups is 1. The molecule has 4 nitrogen and oxygen atoms in total. The second-order valence-electron chi connectivity index (χ2n) is 4.38. The van der Waals surface area contributed by atoms with Crippen molar-refractivity contribution in [3.8, 4) is 5.75 Å². The maximum atomic E-state index is 12.8. The molecule has 108 valence electrons. The fourth-order valence-electron chi connectivity index (χ4n) is 1.83. The maximum Gasteiger partial charge on any atom is 0.271 e. The number of phenols is 1. The smallest absolute Gasteiger partial charge is 0.271 e. The van der Waals surface area contributed by atoms with Gasteiger partial charge in [-0.15, -0.1) is 0 Å². The van der Waals surface area contributed by atoms with Crippen LogP contribution in [-0.4, -0.2) is 16.7 Å². The number of hydrazone groups is 1. The SMILES string of the molecule is CCC(=NNC(=O)c1ccc(F)cc1)c1ccccc1O. The maximum absolute atomic E-state index is 12.8. The van der Waals surface area contributed by atoms with Gasteiger partial charge in [0, 0.05) is 11.1 Å². The van der Waals surface area contributed by atoms with Crippen LogP contribution in [0.25, 0.3) is 0 Å². The zero-order valence-corrected chi connectivity index (χ0v) is 11.5. The van der Waals surface area contributed by atoms with Gasteiger partial charge in [-0.3, -0.25) is 4.79 Å². The van der Waals surface area contributed by atoms with E-state index in [0.717, 1.165) is 0 Å². The summed E-state index contributed by atoms with van der Waals surface area (Å²) in [7, 11) is 0. The Morgan fingerprint density at radius 1 is 1.19 bits per heavy atom. The number of benzene rings is 2. The molecule has 0 aliphatic rings. The van der Waals surface area contributed by atoms with E-state index in [2.05, 4.69) is 10.5 Å². The van der Waals surface area contributed by atoms with Gasteiger partial charge in [-0.2, -0.15) is 5.10 Å². The Kier molecular flexibility index (Phi) is 4.66. The molecule has 0 saturated carbocycles. The first kappa shape index (κ1) is 14.7. The Labute approximate surface area is 121 Å². The molecule has 0 bridgehead atoms. The first-order valence-electron chi connectivity index (χ1n) is 6.52. The number of halogens is 1. The molecule has 0 atom stereocenters. The molecule has 0 heterocycles. The molecule has 1 amide bonds. The largest absolute Gasteiger partial charge is 0.507 e. The Bertz CT molecular complexity index is 666. The van der Waals surface area contributed by atoms with Crippen LogP contribution in [0.1, 0.15) is 29.3 Å². The van der Waals surface area contributed by atoms with Crippen molar-refractivity contribution >= 4 is 11.6 Å². The molecule has 5 heteroatoms. The van der Waals surface area contributed by atoms with Crippen molar-refractivity contribution in [1.29, 1.82) is 0 Å². The summed E-state index contributed by atoms with van der Waals surface area (Å²) in [4.78, 5) is 11.9. The van der Waals surface area contributed by atoms with Gasteiger partial charge in [0.1, 0.15) is 11.6 Å². The van der Waals surface area contributed by atoms with Gasteiger partial charge < -0.3 is 5.11 Å². The minimum Gasteiger partial charge on any atom is -0.507 e. The molecule has 21 heavy (non-hydrogen) atoms. The molecule has 0 aliphatic carbocycles. The number of hydrogen-bond acceptors (Lipinski definition) is 3. The third kappa shape index (κ3) is 3.66. The number of aromatic hydroxyl groups is 1. The normalized spacial score (nSPS) is 11.2. The minimum absolute atomic E-state index is 0.106. The fourth-order valence-corrected chi connectivity index (χ4v) is 1.83. The third-order valence-corrected chi connectivity index (χ3v) is 2.95. The first-order valence-corrected chi connectivity index (χ1v) is 6.52. The molecule has 2 aromatic rings. The predicted molar refractivity (Wildman–Crippen MR) is 78.8 cm³/mol. The van der Waals surface area contributed by atoms with E-state index in [4.69, 9.17) is 0 Å². The van der Waals surface area contributed by atoms with E-state index in [1.165, 1.54) is 24.3 Å². The summed E-state index contributed by atoms with van der Waals surface area (Å²) in [5, 5.41) is 13.8. The lowest BCUT2D eigenvalue weighted by Gasteiger charge is -2.07. The molecule has 0 spiro atoms. The lowest BCUT2D eigenvalue weighted by atomic mass is 10.1. The van der Waals surface area contributed by atoms with E-state index < -0.39 is 11.7 Å². The van der Waals surface area contributed by atoms with Crippen molar-refractivity contribution in [3.05, 3.63) is 65.5 Å². The summed E-state index contributed by atoms with van der Waals surface area (Å²) in [5.41, 5.74) is 3.85. The van der Waals surface area contributed by atoms with E-state index in [1.54, 1.807) is 24.3 Å². The second-order valence-corrected chi connectivity index (χ2v) is 4.38. The Balaban J connectivity index is 2.16. The van der Waals surface area contributed by atoms with Gasteiger partial charge in [0.15, 0.2) is 0 Å². The summed E-state index contributed by atoms with van der Waals surface area (Å²) in [6, 6.07) is 12.0. The molecule has 2 aromatic carbocycles. The summed E-state index contributed by atoms with van der Waals surface area (Å²) < 4.78 is 12.8. The number of nitrogens with zero attached hydrogens (tertiary/aromatic N) is 1. The van der Waals surface area contributed by atoms with Crippen LogP contribution in [0.15, 0.2) is 53.6 Å². The summed E-state index contributed by atoms with van der Waals surface area (Å²) >= 11 is 0. The van der Waals surface area contributed by atoms with Crippen molar-refractivity contribution in [2.45, 2.75) is 13.3 Å². The van der Waals surface area contributed by atoms with Gasteiger partial charge in [-0.25, -0.2) is 9.82 Å². The van der Waals surface area contributed by atoms with Gasteiger partial charge in [0.05, 0.1) is 5.71 Å². The molecular weight excluding hydrogens is 271 g/mol. The van der Waals surface area contributed by atoms with Crippen LogP contribution in [0.2, 0.25) is 0 Å². The number of carbonyl (C=O) groups excluding carboxylic acids is 1. The second kappa shape index (κ2) is 6.65. The highest BCUT2D eigenvalue weighted by molar-refractivity contribution is 6.03. The Morgan fingerprint density at radius 3 is 2.48 bits per heavy atom. The average molecular weight is 286 g/mol. The minimum atomic E-state index is -0.434. The molecule has 0 aromatic heterocycles. The van der Waals surface area contributed by atoms with Crippen molar-refractivity contribution in [2.24, 2.45) is 5.10 Å². The number of amides is 1. The monoisotopic (exact) mass is 286 g/mol. The van der Waals surface area contributed by atoms with E-state index in [1.807, 2.05) is 6.92 Å². The Hall–Kier alpha value is -2.69. The van der Waals surface area contributed by atoms with E-state index >= 15 is 0 Å². The topological polar surface area (TPSA) is 61.7 Å². The molecule has 0 radical (unpaired) electrons. The third-order valence-electron chi connectivity index (χ3n) is 2.95. The summed E-state index contributed by atoms with van der Waals surface area (Å²) in [6.45, 7) is 1.87. The van der Waals surface area contributed by atoms with Crippen molar-refractivity contribution < 1.29 is 14.3 Å². The van der Waals surface area contributed by atoms with Crippen LogP contribution in [0.4, 0.5) is 4.39 Å². The van der Waals surface area contributed by atoms with Crippen LogP contribution >= 0.6 is 0 Å². The first-order chi connectivity index (χ1) is 10.1. The van der Waals surface area contributed by atoms with Crippen molar-refractivity contribution in [2.75, 3.05) is 0 Å². The zero-order valence-electron chi connectivity index (χ0n) is 11.5. The molecule has 0 saturated heterocycles. The molecule has 2 rings (SSSR count). The van der Waals surface area contributed by atoms with Gasteiger partial charge >= 0.3 is 0 Å². The van der Waals surface area contributed by atoms with Crippen LogP contribution in [-0.2, 0) is 0 Å². The van der Waals surface area contributed by atoms with E-state index in [9.17, 15) is 14.3 Å². The summed E-state index contributed by atoms with van der Waals surface area (Å²) in [5.74, 6) is -0.732. The average Bonchev–Trinajstić information content (AvgIpc) is 2.50. The van der Waals surface area contributed by atoms with Crippen LogP contribution in [0, 0.1) is 5.82 Å². The van der Waals surface area contributed by atoms with Crippen LogP contribution < -0.4 is 5.43 Å². The van der Waals surface area contributed by atoms with E-state index in [0.29, 0.717) is 23.3 Å². The highest BCUT2D eigenvalue weighted by Gasteiger charge is 2.08. The number of para-hydroxylation sites is 1. The number of rotatable bonds is 4. The molecule has 0 unspecified atom stereocenters. The lowest BCUT2D eigenvalue weighted by Crippen LogP contribution is -2.20. The number of hydrogen-bond donors (Lipinski definition) is 2. The number of phenolic OH excluding ortho intramolecular Hbond substituents is 1. The molecule has 0 aliphatic heterocycles. The lowest BCUT2D eigenvalue weighted by molar-refractivity contribution is 0.0954. The predicted octanol–water partition coefficient (Wildman–Crippen LogP) is 3.08.